The lowest BCUT2D eigenvalue weighted by molar-refractivity contribution is -0.114. The van der Waals surface area contributed by atoms with Crippen LogP contribution in [-0.2, 0) is 4.79 Å². The molecule has 0 heterocycles. The van der Waals surface area contributed by atoms with Crippen LogP contribution in [0, 0.1) is 11.2 Å². The highest BCUT2D eigenvalue weighted by atomic mass is 79.9. The van der Waals surface area contributed by atoms with Gasteiger partial charge in [0.25, 0.3) is 0 Å². The second-order valence-electron chi connectivity index (χ2n) is 4.72. The van der Waals surface area contributed by atoms with Gasteiger partial charge in [-0.25, -0.2) is 4.39 Å². The summed E-state index contributed by atoms with van der Waals surface area (Å²) in [7, 11) is 1.46. The number of nitrogens with one attached hydrogen (secondary N) is 2. The normalized spacial score (nSPS) is 11.6. The molecule has 1 amide bonds. The number of hydrogen-bond acceptors (Lipinski definition) is 2. The Balaban J connectivity index is 2.44. The number of halogens is 2. The van der Waals surface area contributed by atoms with E-state index in [1.165, 1.54) is 13.1 Å². The van der Waals surface area contributed by atoms with Gasteiger partial charge in [0.15, 0.2) is 5.96 Å². The number of benzene rings is 2. The van der Waals surface area contributed by atoms with Crippen molar-refractivity contribution in [1.82, 2.24) is 10.2 Å². The fourth-order valence-corrected chi connectivity index (χ4v) is 2.39. The molecule has 0 saturated heterocycles. The first-order valence-corrected chi connectivity index (χ1v) is 7.35. The van der Waals surface area contributed by atoms with Crippen LogP contribution >= 0.6 is 15.9 Å². The third-order valence-electron chi connectivity index (χ3n) is 3.19. The van der Waals surface area contributed by atoms with Gasteiger partial charge < -0.3 is 5.32 Å². The molecule has 0 radical (unpaired) electrons. The smallest absolute Gasteiger partial charge is 0.216 e. The average Bonchev–Trinajstić information content (AvgIpc) is 2.54. The summed E-state index contributed by atoms with van der Waals surface area (Å²) in [5, 5.41) is 10.8. The van der Waals surface area contributed by atoms with Crippen LogP contribution < -0.4 is 5.32 Å². The number of guanidine groups is 1. The minimum Gasteiger partial charge on any atom is -0.345 e. The molecular weight excluding hydrogens is 349 g/mol. The summed E-state index contributed by atoms with van der Waals surface area (Å²) in [5.41, 5.74) is 1.19. The Kier molecular flexibility index (Phi) is 5.27. The largest absolute Gasteiger partial charge is 0.345 e. The first-order valence-electron chi connectivity index (χ1n) is 6.56. The van der Waals surface area contributed by atoms with Crippen molar-refractivity contribution in [3.05, 3.63) is 69.9 Å². The van der Waals surface area contributed by atoms with Gasteiger partial charge in [-0.15, -0.1) is 0 Å². The zero-order valence-electron chi connectivity index (χ0n) is 11.9. The average molecular weight is 364 g/mol. The summed E-state index contributed by atoms with van der Waals surface area (Å²) >= 11 is 3.33. The van der Waals surface area contributed by atoms with Gasteiger partial charge in [-0.1, -0.05) is 46.3 Å². The van der Waals surface area contributed by atoms with Gasteiger partial charge in [0.2, 0.25) is 6.41 Å². The van der Waals surface area contributed by atoms with Crippen LogP contribution in [0.1, 0.15) is 17.2 Å². The predicted molar refractivity (Wildman–Crippen MR) is 87.1 cm³/mol. The molecule has 0 saturated carbocycles. The summed E-state index contributed by atoms with van der Waals surface area (Å²) < 4.78 is 15.0. The maximum Gasteiger partial charge on any atom is 0.216 e. The van der Waals surface area contributed by atoms with Crippen LogP contribution in [0.4, 0.5) is 4.39 Å². The molecule has 0 spiro atoms. The molecule has 2 aromatic carbocycles. The fourth-order valence-electron chi connectivity index (χ4n) is 2.01. The molecule has 0 aromatic heterocycles. The van der Waals surface area contributed by atoms with Crippen LogP contribution in [0.3, 0.4) is 0 Å². The second kappa shape index (κ2) is 7.17. The van der Waals surface area contributed by atoms with Crippen molar-refractivity contribution >= 4 is 28.3 Å². The van der Waals surface area contributed by atoms with Crippen molar-refractivity contribution in [3.63, 3.8) is 0 Å². The number of carbonyl (C=O) groups excluding carboxylic acids is 1. The summed E-state index contributed by atoms with van der Waals surface area (Å²) in [6.07, 6.45) is 0.522. The SMILES string of the molecule is CN(C=O)C(=N)NC(c1ccccc1)c1cc(Br)ccc1F. The lowest BCUT2D eigenvalue weighted by Gasteiger charge is -2.24. The molecule has 1 unspecified atom stereocenters. The van der Waals surface area contributed by atoms with Gasteiger partial charge in [-0.2, -0.15) is 0 Å². The van der Waals surface area contributed by atoms with Gasteiger partial charge in [0.1, 0.15) is 5.82 Å². The van der Waals surface area contributed by atoms with Crippen molar-refractivity contribution in [2.24, 2.45) is 0 Å². The molecule has 2 aromatic rings. The molecule has 0 aliphatic heterocycles. The number of rotatable bonds is 4. The van der Waals surface area contributed by atoms with E-state index in [-0.39, 0.29) is 11.8 Å². The van der Waals surface area contributed by atoms with E-state index in [2.05, 4.69) is 21.2 Å². The van der Waals surface area contributed by atoms with E-state index in [1.807, 2.05) is 30.3 Å². The summed E-state index contributed by atoms with van der Waals surface area (Å²) in [4.78, 5) is 11.9. The first kappa shape index (κ1) is 16.2. The lowest BCUT2D eigenvalue weighted by atomic mass is 9.98. The maximum absolute atomic E-state index is 14.2. The van der Waals surface area contributed by atoms with E-state index in [1.54, 1.807) is 12.1 Å². The zero-order valence-corrected chi connectivity index (χ0v) is 13.5. The van der Waals surface area contributed by atoms with Gasteiger partial charge in [-0.05, 0) is 23.8 Å². The Morgan fingerprint density at radius 2 is 2.00 bits per heavy atom. The van der Waals surface area contributed by atoms with Gasteiger partial charge in [0.05, 0.1) is 6.04 Å². The summed E-state index contributed by atoms with van der Waals surface area (Å²) in [6.45, 7) is 0. The maximum atomic E-state index is 14.2. The Hall–Kier alpha value is -2.21. The standard InChI is InChI=1S/C16H15BrFN3O/c1-21(10-22)16(19)20-15(11-5-3-2-4-6-11)13-9-12(17)7-8-14(13)18/h2-10,15H,1H3,(H2,19,20). The highest BCUT2D eigenvalue weighted by Crippen LogP contribution is 2.27. The quantitative estimate of drug-likeness (QED) is 0.497. The van der Waals surface area contributed by atoms with E-state index in [0.717, 1.165) is 14.9 Å². The monoisotopic (exact) mass is 363 g/mol. The van der Waals surface area contributed by atoms with Gasteiger partial charge in [0, 0.05) is 17.1 Å². The third kappa shape index (κ3) is 3.71. The Morgan fingerprint density at radius 3 is 2.64 bits per heavy atom. The fraction of sp³-hybridized carbons (Fsp3) is 0.125. The van der Waals surface area contributed by atoms with Crippen molar-refractivity contribution in [3.8, 4) is 0 Å². The zero-order chi connectivity index (χ0) is 16.1. The Bertz CT molecular complexity index is 678. The van der Waals surface area contributed by atoms with Crippen molar-refractivity contribution in [1.29, 1.82) is 5.41 Å². The van der Waals surface area contributed by atoms with Crippen LogP contribution in [-0.4, -0.2) is 24.3 Å². The Morgan fingerprint density at radius 1 is 1.32 bits per heavy atom. The van der Waals surface area contributed by atoms with Gasteiger partial charge >= 0.3 is 0 Å². The van der Waals surface area contributed by atoms with E-state index in [0.29, 0.717) is 12.0 Å². The third-order valence-corrected chi connectivity index (χ3v) is 3.69. The first-order chi connectivity index (χ1) is 10.5. The molecule has 6 heteroatoms. The number of carbonyl (C=O) groups is 1. The molecule has 0 fully saturated rings. The molecule has 0 aliphatic rings. The molecule has 1 atom stereocenters. The molecule has 114 valence electrons. The lowest BCUT2D eigenvalue weighted by Crippen LogP contribution is -2.39. The second-order valence-corrected chi connectivity index (χ2v) is 5.63. The molecule has 22 heavy (non-hydrogen) atoms. The number of hydrogen-bond donors (Lipinski definition) is 2. The van der Waals surface area contributed by atoms with Crippen molar-refractivity contribution < 1.29 is 9.18 Å². The minimum absolute atomic E-state index is 0.108. The predicted octanol–water partition coefficient (Wildman–Crippen LogP) is 3.29. The number of amides is 1. The molecule has 2 N–H and O–H groups in total. The highest BCUT2D eigenvalue weighted by Gasteiger charge is 2.20. The summed E-state index contributed by atoms with van der Waals surface area (Å²) in [5.74, 6) is -0.491. The van der Waals surface area contributed by atoms with E-state index < -0.39 is 6.04 Å². The Labute approximate surface area is 136 Å². The van der Waals surface area contributed by atoms with Crippen LogP contribution in [0.25, 0.3) is 0 Å². The molecular formula is C16H15BrFN3O. The minimum atomic E-state index is -0.575. The van der Waals surface area contributed by atoms with Crippen LogP contribution in [0.2, 0.25) is 0 Å². The van der Waals surface area contributed by atoms with Crippen molar-refractivity contribution in [2.75, 3.05) is 7.05 Å². The van der Waals surface area contributed by atoms with Crippen LogP contribution in [0.5, 0.6) is 0 Å². The molecule has 4 nitrogen and oxygen atoms in total. The van der Waals surface area contributed by atoms with Gasteiger partial charge in [-0.3, -0.25) is 15.1 Å². The molecule has 2 rings (SSSR count). The molecule has 0 aliphatic carbocycles. The van der Waals surface area contributed by atoms with E-state index in [4.69, 9.17) is 5.41 Å². The van der Waals surface area contributed by atoms with E-state index in [9.17, 15) is 9.18 Å². The van der Waals surface area contributed by atoms with E-state index >= 15 is 0 Å². The van der Waals surface area contributed by atoms with Crippen molar-refractivity contribution in [2.45, 2.75) is 6.04 Å². The highest BCUT2D eigenvalue weighted by molar-refractivity contribution is 9.10. The van der Waals surface area contributed by atoms with Crippen LogP contribution in [0.15, 0.2) is 53.0 Å². The number of nitrogens with zero attached hydrogens (tertiary/aromatic N) is 1. The summed E-state index contributed by atoms with van der Waals surface area (Å²) in [6, 6.07) is 13.3. The topological polar surface area (TPSA) is 56.2 Å². The molecule has 0 bridgehead atoms.